The van der Waals surface area contributed by atoms with E-state index in [9.17, 15) is 4.79 Å². The van der Waals surface area contributed by atoms with Gasteiger partial charge in [-0.3, -0.25) is 4.79 Å². The highest BCUT2D eigenvalue weighted by atomic mass is 35.5. The molecule has 0 saturated heterocycles. The molecule has 0 atom stereocenters. The number of nitrogens with zero attached hydrogens (tertiary/aromatic N) is 2. The second-order valence-electron chi connectivity index (χ2n) is 2.75. The summed E-state index contributed by atoms with van der Waals surface area (Å²) in [6.45, 7) is 0. The van der Waals surface area contributed by atoms with Crippen molar-refractivity contribution in [2.45, 2.75) is 0 Å². The van der Waals surface area contributed by atoms with Crippen LogP contribution in [0, 0.1) is 0 Å². The van der Waals surface area contributed by atoms with Crippen LogP contribution in [0.15, 0.2) is 47.4 Å². The zero-order valence-electron chi connectivity index (χ0n) is 7.22. The minimum atomic E-state index is -0.172. The molecule has 0 aliphatic heterocycles. The molecule has 1 aromatic carbocycles. The van der Waals surface area contributed by atoms with Crippen LogP contribution in [0.25, 0.3) is 5.69 Å². The van der Waals surface area contributed by atoms with Gasteiger partial charge in [0.15, 0.2) is 0 Å². The van der Waals surface area contributed by atoms with Gasteiger partial charge in [-0.15, -0.1) is 0 Å². The van der Waals surface area contributed by atoms with E-state index in [4.69, 9.17) is 11.6 Å². The summed E-state index contributed by atoms with van der Waals surface area (Å²) in [4.78, 5) is 11.4. The largest absolute Gasteiger partial charge is 0.271 e. The lowest BCUT2D eigenvalue weighted by Gasteiger charge is -2.02. The Morgan fingerprint density at radius 2 is 2.07 bits per heavy atom. The van der Waals surface area contributed by atoms with Crippen LogP contribution in [-0.4, -0.2) is 9.78 Å². The van der Waals surface area contributed by atoms with Crippen molar-refractivity contribution in [3.8, 4) is 5.69 Å². The molecule has 0 spiro atoms. The average molecular weight is 207 g/mol. The summed E-state index contributed by atoms with van der Waals surface area (Å²) >= 11 is 5.80. The van der Waals surface area contributed by atoms with E-state index >= 15 is 0 Å². The predicted molar refractivity (Wildman–Crippen MR) is 54.8 cm³/mol. The topological polar surface area (TPSA) is 34.9 Å². The molecule has 0 aliphatic rings. The van der Waals surface area contributed by atoms with Gasteiger partial charge in [0.25, 0.3) is 5.56 Å². The number of halogens is 1. The van der Waals surface area contributed by atoms with Crippen LogP contribution < -0.4 is 5.56 Å². The van der Waals surface area contributed by atoms with Crippen molar-refractivity contribution in [3.63, 3.8) is 0 Å². The summed E-state index contributed by atoms with van der Waals surface area (Å²) < 4.78 is 1.30. The SMILES string of the molecule is O=c1cccnn1-c1cccc(Cl)c1. The van der Waals surface area contributed by atoms with Crippen LogP contribution >= 0.6 is 11.6 Å². The van der Waals surface area contributed by atoms with E-state index in [1.165, 1.54) is 10.7 Å². The second kappa shape index (κ2) is 3.64. The summed E-state index contributed by atoms with van der Waals surface area (Å²) in [6.07, 6.45) is 1.56. The highest BCUT2D eigenvalue weighted by molar-refractivity contribution is 6.30. The van der Waals surface area contributed by atoms with Crippen molar-refractivity contribution in [3.05, 3.63) is 58.0 Å². The van der Waals surface area contributed by atoms with Gasteiger partial charge in [0, 0.05) is 17.3 Å². The Morgan fingerprint density at radius 3 is 2.79 bits per heavy atom. The van der Waals surface area contributed by atoms with Gasteiger partial charge < -0.3 is 0 Å². The molecule has 70 valence electrons. The zero-order chi connectivity index (χ0) is 9.97. The Morgan fingerprint density at radius 1 is 1.21 bits per heavy atom. The fourth-order valence-corrected chi connectivity index (χ4v) is 1.34. The molecule has 2 aromatic rings. The first-order valence-corrected chi connectivity index (χ1v) is 4.45. The minimum absolute atomic E-state index is 0.172. The maximum absolute atomic E-state index is 11.4. The molecule has 0 saturated carbocycles. The summed E-state index contributed by atoms with van der Waals surface area (Å²) in [7, 11) is 0. The van der Waals surface area contributed by atoms with Gasteiger partial charge >= 0.3 is 0 Å². The van der Waals surface area contributed by atoms with E-state index in [0.717, 1.165) is 0 Å². The molecule has 0 fully saturated rings. The Kier molecular flexibility index (Phi) is 2.33. The number of rotatable bonds is 1. The minimum Gasteiger partial charge on any atom is -0.267 e. The maximum atomic E-state index is 11.4. The number of hydrogen-bond donors (Lipinski definition) is 0. The van der Waals surface area contributed by atoms with E-state index in [1.807, 2.05) is 0 Å². The monoisotopic (exact) mass is 206 g/mol. The Labute approximate surface area is 85.6 Å². The first-order chi connectivity index (χ1) is 6.77. The van der Waals surface area contributed by atoms with Gasteiger partial charge in [0.05, 0.1) is 5.69 Å². The summed E-state index contributed by atoms with van der Waals surface area (Å²) in [5.41, 5.74) is 0.498. The molecule has 0 unspecified atom stereocenters. The van der Waals surface area contributed by atoms with Gasteiger partial charge in [-0.05, 0) is 24.3 Å². The van der Waals surface area contributed by atoms with Gasteiger partial charge in [0.2, 0.25) is 0 Å². The number of aromatic nitrogens is 2. The third-order valence-electron chi connectivity index (χ3n) is 1.77. The molecule has 0 amide bonds. The van der Waals surface area contributed by atoms with Gasteiger partial charge in [-0.2, -0.15) is 9.78 Å². The molecule has 0 N–H and O–H groups in total. The first kappa shape index (κ1) is 8.97. The Bertz CT molecular complexity index is 507. The molecular formula is C10H7ClN2O. The molecule has 4 heteroatoms. The normalized spacial score (nSPS) is 10.1. The lowest BCUT2D eigenvalue weighted by atomic mass is 10.3. The van der Waals surface area contributed by atoms with E-state index < -0.39 is 0 Å². The lowest BCUT2D eigenvalue weighted by Crippen LogP contribution is -2.18. The highest BCUT2D eigenvalue weighted by Gasteiger charge is 1.99. The second-order valence-corrected chi connectivity index (χ2v) is 3.19. The summed E-state index contributed by atoms with van der Waals surface area (Å²) in [5.74, 6) is 0. The molecule has 0 aliphatic carbocycles. The zero-order valence-corrected chi connectivity index (χ0v) is 7.98. The van der Waals surface area contributed by atoms with Crippen molar-refractivity contribution in [1.82, 2.24) is 9.78 Å². The van der Waals surface area contributed by atoms with Crippen molar-refractivity contribution in [2.24, 2.45) is 0 Å². The van der Waals surface area contributed by atoms with Crippen molar-refractivity contribution >= 4 is 11.6 Å². The van der Waals surface area contributed by atoms with Gasteiger partial charge in [-0.1, -0.05) is 17.7 Å². The Hall–Kier alpha value is -1.61. The van der Waals surface area contributed by atoms with Crippen LogP contribution in [-0.2, 0) is 0 Å². The average Bonchev–Trinajstić information content (AvgIpc) is 2.18. The van der Waals surface area contributed by atoms with E-state index in [2.05, 4.69) is 5.10 Å². The first-order valence-electron chi connectivity index (χ1n) is 4.08. The number of hydrogen-bond acceptors (Lipinski definition) is 2. The fraction of sp³-hybridized carbons (Fsp3) is 0. The fourth-order valence-electron chi connectivity index (χ4n) is 1.16. The summed E-state index contributed by atoms with van der Waals surface area (Å²) in [6, 6.07) is 10.0. The third kappa shape index (κ3) is 1.67. The van der Waals surface area contributed by atoms with Crippen molar-refractivity contribution in [2.75, 3.05) is 0 Å². The molecule has 2 rings (SSSR count). The Balaban J connectivity index is 2.61. The van der Waals surface area contributed by atoms with Crippen molar-refractivity contribution in [1.29, 1.82) is 0 Å². The smallest absolute Gasteiger partial charge is 0.267 e. The quantitative estimate of drug-likeness (QED) is 0.714. The van der Waals surface area contributed by atoms with Crippen LogP contribution in [0.1, 0.15) is 0 Å². The molecule has 3 nitrogen and oxygen atoms in total. The van der Waals surface area contributed by atoms with Crippen molar-refractivity contribution < 1.29 is 0 Å². The van der Waals surface area contributed by atoms with Crippen LogP contribution in [0.2, 0.25) is 5.02 Å². The molecule has 0 bridgehead atoms. The molecular weight excluding hydrogens is 200 g/mol. The van der Waals surface area contributed by atoms with Crippen LogP contribution in [0.5, 0.6) is 0 Å². The highest BCUT2D eigenvalue weighted by Crippen LogP contribution is 2.11. The maximum Gasteiger partial charge on any atom is 0.271 e. The molecule has 0 radical (unpaired) electrons. The van der Waals surface area contributed by atoms with Gasteiger partial charge in [-0.25, -0.2) is 0 Å². The van der Waals surface area contributed by atoms with E-state index in [0.29, 0.717) is 10.7 Å². The standard InChI is InChI=1S/C10H7ClN2O/c11-8-3-1-4-9(7-8)13-10(14)5-2-6-12-13/h1-7H. The number of benzene rings is 1. The summed E-state index contributed by atoms with van der Waals surface area (Å²) in [5, 5.41) is 4.52. The molecule has 1 aromatic heterocycles. The van der Waals surface area contributed by atoms with E-state index in [1.54, 1.807) is 36.5 Å². The lowest BCUT2D eigenvalue weighted by molar-refractivity contribution is 0.807. The third-order valence-corrected chi connectivity index (χ3v) is 2.00. The van der Waals surface area contributed by atoms with Crippen LogP contribution in [0.3, 0.4) is 0 Å². The van der Waals surface area contributed by atoms with E-state index in [-0.39, 0.29) is 5.56 Å². The molecule has 1 heterocycles. The predicted octanol–water partition coefficient (Wildman–Crippen LogP) is 1.89. The van der Waals surface area contributed by atoms with Crippen LogP contribution in [0.4, 0.5) is 0 Å². The van der Waals surface area contributed by atoms with Gasteiger partial charge in [0.1, 0.15) is 0 Å². The molecule has 14 heavy (non-hydrogen) atoms.